The second-order valence-corrected chi connectivity index (χ2v) is 10.2. The number of aliphatic carboxylic acids is 1. The number of carboxylic acid groups (broad SMARTS) is 1. The fourth-order valence-corrected chi connectivity index (χ4v) is 6.00. The molecule has 2 fully saturated rings. The Labute approximate surface area is 202 Å². The average molecular weight is 536 g/mol. The van der Waals surface area contributed by atoms with E-state index in [4.69, 9.17) is 15.5 Å². The van der Waals surface area contributed by atoms with Gasteiger partial charge in [0.25, 0.3) is 0 Å². The van der Waals surface area contributed by atoms with Gasteiger partial charge in [-0.2, -0.15) is 0 Å². The molecule has 4 N–H and O–H groups in total. The van der Waals surface area contributed by atoms with Gasteiger partial charge in [0.05, 0.1) is 18.8 Å². The molecule has 0 saturated carbocycles. The number of hydrogen-bond acceptors (Lipinski definition) is 8. The van der Waals surface area contributed by atoms with Gasteiger partial charge in [0, 0.05) is 46.4 Å². The number of aliphatic imine (C=N–C) groups is 1. The van der Waals surface area contributed by atoms with Crippen LogP contribution in [0.2, 0.25) is 0 Å². The fraction of sp³-hybridized carbons (Fsp3) is 0.409. The summed E-state index contributed by atoms with van der Waals surface area (Å²) in [5, 5.41) is 16.0. The van der Waals surface area contributed by atoms with Crippen LogP contribution in [0.4, 0.5) is 4.39 Å². The van der Waals surface area contributed by atoms with Crippen LogP contribution in [0.3, 0.4) is 0 Å². The molecule has 1 unspecified atom stereocenters. The molecule has 3 aliphatic heterocycles. The maximum absolute atomic E-state index is 13.8. The summed E-state index contributed by atoms with van der Waals surface area (Å²) in [5.41, 5.74) is 7.51. The molecule has 0 aliphatic carbocycles. The highest BCUT2D eigenvalue weighted by molar-refractivity contribution is 9.10. The molecule has 8 nitrogen and oxygen atoms in total. The number of halogens is 2. The minimum absolute atomic E-state index is 0.114. The third-order valence-corrected chi connectivity index (χ3v) is 7.76. The van der Waals surface area contributed by atoms with Crippen molar-refractivity contribution in [3.05, 3.63) is 61.9 Å². The van der Waals surface area contributed by atoms with Gasteiger partial charge in [0.1, 0.15) is 11.9 Å². The number of hydrogen-bond donors (Lipinski definition) is 3. The smallest absolute Gasteiger partial charge is 0.335 e. The molecular formula is C22H23BrFN5O3S. The number of rotatable bonds is 5. The second-order valence-electron chi connectivity index (χ2n) is 8.45. The summed E-state index contributed by atoms with van der Waals surface area (Å²) in [6.45, 7) is 1.53. The van der Waals surface area contributed by atoms with E-state index in [-0.39, 0.29) is 23.7 Å². The first-order chi connectivity index (χ1) is 15.9. The number of carbonyl (C=O) groups is 1. The predicted molar refractivity (Wildman–Crippen MR) is 126 cm³/mol. The number of aromatic nitrogens is 1. The van der Waals surface area contributed by atoms with Crippen molar-refractivity contribution in [3.63, 3.8) is 0 Å². The SMILES string of the molecule is NC1C[C@H]2COC[C@@H](C1)N2CC1=C(C(=O)O)[C@H](c2ccc(F)cc2Br)N=C(c2nccs2)N1. The van der Waals surface area contributed by atoms with E-state index in [0.29, 0.717) is 46.3 Å². The summed E-state index contributed by atoms with van der Waals surface area (Å²) < 4.78 is 20.0. The van der Waals surface area contributed by atoms with Gasteiger partial charge in [-0.3, -0.25) is 9.89 Å². The van der Waals surface area contributed by atoms with Gasteiger partial charge in [-0.05, 0) is 30.5 Å². The highest BCUT2D eigenvalue weighted by Gasteiger charge is 2.40. The molecule has 2 aromatic rings. The number of benzene rings is 1. The topological polar surface area (TPSA) is 113 Å². The van der Waals surface area contributed by atoms with Crippen LogP contribution in [-0.2, 0) is 9.53 Å². The van der Waals surface area contributed by atoms with Crippen molar-refractivity contribution in [2.75, 3.05) is 19.8 Å². The van der Waals surface area contributed by atoms with Gasteiger partial charge >= 0.3 is 5.97 Å². The summed E-state index contributed by atoms with van der Waals surface area (Å²) in [4.78, 5) is 23.9. The lowest BCUT2D eigenvalue weighted by atomic mass is 9.89. The first kappa shape index (κ1) is 22.6. The Bertz CT molecular complexity index is 1110. The van der Waals surface area contributed by atoms with E-state index in [2.05, 4.69) is 31.1 Å². The molecule has 2 bridgehead atoms. The predicted octanol–water partition coefficient (Wildman–Crippen LogP) is 2.67. The third kappa shape index (κ3) is 4.47. The van der Waals surface area contributed by atoms with Crippen molar-refractivity contribution in [1.82, 2.24) is 15.2 Å². The maximum Gasteiger partial charge on any atom is 0.335 e. The zero-order valence-electron chi connectivity index (χ0n) is 17.6. The first-order valence-corrected chi connectivity index (χ1v) is 12.3. The number of fused-ring (bicyclic) bond motifs is 2. The number of carboxylic acids is 1. The van der Waals surface area contributed by atoms with E-state index in [1.165, 1.54) is 23.5 Å². The monoisotopic (exact) mass is 535 g/mol. The van der Waals surface area contributed by atoms with Crippen LogP contribution in [0, 0.1) is 5.82 Å². The van der Waals surface area contributed by atoms with Crippen molar-refractivity contribution in [3.8, 4) is 0 Å². The summed E-state index contributed by atoms with van der Waals surface area (Å²) >= 11 is 4.81. The molecule has 0 spiro atoms. The second kappa shape index (κ2) is 9.22. The summed E-state index contributed by atoms with van der Waals surface area (Å²) in [5.74, 6) is -0.987. The summed E-state index contributed by atoms with van der Waals surface area (Å²) in [7, 11) is 0. The molecule has 4 heterocycles. The Balaban J connectivity index is 1.58. The minimum Gasteiger partial charge on any atom is -0.478 e. The van der Waals surface area contributed by atoms with Crippen LogP contribution in [-0.4, -0.2) is 64.7 Å². The number of amidine groups is 1. The van der Waals surface area contributed by atoms with Crippen LogP contribution in [0.1, 0.15) is 29.5 Å². The van der Waals surface area contributed by atoms with E-state index in [9.17, 15) is 14.3 Å². The standard InChI is InChI=1S/C22H23BrFN5O3S/c23-16-5-11(24)1-2-15(16)19-18(22(30)31)17(27-20(28-19)21-26-3-4-33-21)8-29-13-6-12(25)7-14(29)10-32-9-13/h1-5,12-14,19H,6-10,25H2,(H,27,28)(H,30,31)/t12?,13-,14+,19-/m0/s1. The Morgan fingerprint density at radius 1 is 1.36 bits per heavy atom. The van der Waals surface area contributed by atoms with Gasteiger partial charge in [-0.1, -0.05) is 22.0 Å². The van der Waals surface area contributed by atoms with Crippen LogP contribution in [0.15, 0.2) is 50.5 Å². The number of nitrogens with one attached hydrogen (secondary N) is 1. The number of ether oxygens (including phenoxy) is 1. The van der Waals surface area contributed by atoms with Gasteiger partial charge in [-0.15, -0.1) is 11.3 Å². The van der Waals surface area contributed by atoms with E-state index in [1.807, 2.05) is 5.38 Å². The summed E-state index contributed by atoms with van der Waals surface area (Å²) in [6.07, 6.45) is 3.27. The van der Waals surface area contributed by atoms with Crippen molar-refractivity contribution >= 4 is 39.1 Å². The van der Waals surface area contributed by atoms with Crippen LogP contribution in [0.5, 0.6) is 0 Å². The van der Waals surface area contributed by atoms with Crippen LogP contribution >= 0.6 is 27.3 Å². The molecule has 1 aromatic carbocycles. The first-order valence-electron chi connectivity index (χ1n) is 10.7. The van der Waals surface area contributed by atoms with Gasteiger partial charge in [0.15, 0.2) is 10.8 Å². The zero-order valence-corrected chi connectivity index (χ0v) is 20.0. The Kier molecular flexibility index (Phi) is 6.32. The number of thiazole rings is 1. The molecule has 0 amide bonds. The van der Waals surface area contributed by atoms with E-state index in [1.54, 1.807) is 12.3 Å². The van der Waals surface area contributed by atoms with Gasteiger partial charge in [0.2, 0.25) is 0 Å². The molecule has 33 heavy (non-hydrogen) atoms. The molecule has 174 valence electrons. The number of nitrogens with two attached hydrogens (primary N) is 1. The lowest BCUT2D eigenvalue weighted by Crippen LogP contribution is -2.60. The molecule has 3 aliphatic rings. The van der Waals surface area contributed by atoms with Crippen molar-refractivity contribution in [2.24, 2.45) is 10.7 Å². The molecule has 0 radical (unpaired) electrons. The third-order valence-electron chi connectivity index (χ3n) is 6.30. The van der Waals surface area contributed by atoms with E-state index in [0.717, 1.165) is 12.8 Å². The number of nitrogens with zero attached hydrogens (tertiary/aromatic N) is 3. The van der Waals surface area contributed by atoms with Crippen molar-refractivity contribution in [2.45, 2.75) is 37.0 Å². The maximum atomic E-state index is 13.8. The van der Waals surface area contributed by atoms with Crippen molar-refractivity contribution in [1.29, 1.82) is 0 Å². The van der Waals surface area contributed by atoms with Gasteiger partial charge in [-0.25, -0.2) is 14.2 Å². The fourth-order valence-electron chi connectivity index (χ4n) is 4.84. The normalized spacial score (nSPS) is 27.8. The largest absolute Gasteiger partial charge is 0.478 e. The molecule has 1 aromatic heterocycles. The molecular weight excluding hydrogens is 513 g/mol. The highest BCUT2D eigenvalue weighted by Crippen LogP contribution is 2.37. The van der Waals surface area contributed by atoms with Crippen LogP contribution < -0.4 is 11.1 Å². The van der Waals surface area contributed by atoms with Gasteiger partial charge < -0.3 is 20.9 Å². The molecule has 11 heteroatoms. The highest BCUT2D eigenvalue weighted by atomic mass is 79.9. The molecule has 2 saturated heterocycles. The summed E-state index contributed by atoms with van der Waals surface area (Å²) in [6, 6.07) is 3.74. The van der Waals surface area contributed by atoms with Crippen molar-refractivity contribution < 1.29 is 19.0 Å². The van der Waals surface area contributed by atoms with Crippen LogP contribution in [0.25, 0.3) is 0 Å². The lowest BCUT2D eigenvalue weighted by Gasteiger charge is -2.48. The number of piperidine rings is 1. The van der Waals surface area contributed by atoms with E-state index < -0.39 is 17.8 Å². The lowest BCUT2D eigenvalue weighted by molar-refractivity contribution is -0.133. The average Bonchev–Trinajstić information content (AvgIpc) is 3.29. The Hall–Kier alpha value is -2.18. The zero-order chi connectivity index (χ0) is 23.1. The Morgan fingerprint density at radius 2 is 2.12 bits per heavy atom. The number of morpholine rings is 1. The quantitative estimate of drug-likeness (QED) is 0.539. The minimum atomic E-state index is -1.07. The Morgan fingerprint density at radius 3 is 2.76 bits per heavy atom. The molecule has 4 atom stereocenters. The molecule has 5 rings (SSSR count). The van der Waals surface area contributed by atoms with E-state index >= 15 is 0 Å².